The number of hydrogen-bond donors (Lipinski definition) is 1. The zero-order valence-electron chi connectivity index (χ0n) is 16.5. The average Bonchev–Trinajstić information content (AvgIpc) is 2.73. The van der Waals surface area contributed by atoms with E-state index in [0.29, 0.717) is 11.4 Å². The largest absolute Gasteiger partial charge is 0.325 e. The number of hydrogen-bond acceptors (Lipinski definition) is 3. The fraction of sp³-hybridized carbons (Fsp3) is 0.174. The van der Waals surface area contributed by atoms with Gasteiger partial charge in [0.05, 0.1) is 10.6 Å². The first-order valence-electron chi connectivity index (χ1n) is 9.43. The van der Waals surface area contributed by atoms with Crippen LogP contribution in [0.3, 0.4) is 0 Å². The van der Waals surface area contributed by atoms with Gasteiger partial charge < -0.3 is 5.32 Å². The molecule has 29 heavy (non-hydrogen) atoms. The SMILES string of the molecule is CCc1ccc(NC(=O)CN(c2cccc(C)c2)S(=O)(=O)c2ccccc2)cc1. The summed E-state index contributed by atoms with van der Waals surface area (Å²) in [6.45, 7) is 3.62. The third kappa shape index (κ3) is 5.03. The Morgan fingerprint density at radius 3 is 2.24 bits per heavy atom. The van der Waals surface area contributed by atoms with Crippen LogP contribution < -0.4 is 9.62 Å². The number of anilines is 2. The minimum absolute atomic E-state index is 0.140. The lowest BCUT2D eigenvalue weighted by atomic mass is 10.1. The van der Waals surface area contributed by atoms with Gasteiger partial charge >= 0.3 is 0 Å². The molecule has 0 heterocycles. The quantitative estimate of drug-likeness (QED) is 0.630. The number of nitrogens with zero attached hydrogens (tertiary/aromatic N) is 1. The van der Waals surface area contributed by atoms with Crippen molar-refractivity contribution in [3.05, 3.63) is 90.0 Å². The summed E-state index contributed by atoms with van der Waals surface area (Å²) >= 11 is 0. The second-order valence-electron chi connectivity index (χ2n) is 6.76. The second kappa shape index (κ2) is 8.92. The lowest BCUT2D eigenvalue weighted by Gasteiger charge is -2.24. The van der Waals surface area contributed by atoms with E-state index in [1.807, 2.05) is 37.3 Å². The molecule has 1 N–H and O–H groups in total. The van der Waals surface area contributed by atoms with Crippen LogP contribution in [0.5, 0.6) is 0 Å². The molecular formula is C23H24N2O3S. The van der Waals surface area contributed by atoms with E-state index < -0.39 is 15.9 Å². The standard InChI is InChI=1S/C23H24N2O3S/c1-3-19-12-14-20(15-13-19)24-23(26)17-25(21-9-7-8-18(2)16-21)29(27,28)22-10-5-4-6-11-22/h4-16H,3,17H2,1-2H3,(H,24,26). The van der Waals surface area contributed by atoms with E-state index in [2.05, 4.69) is 12.2 Å². The van der Waals surface area contributed by atoms with E-state index in [-0.39, 0.29) is 11.4 Å². The van der Waals surface area contributed by atoms with Gasteiger partial charge in [0, 0.05) is 5.69 Å². The first kappa shape index (κ1) is 20.6. The topological polar surface area (TPSA) is 66.5 Å². The summed E-state index contributed by atoms with van der Waals surface area (Å²) in [4.78, 5) is 12.8. The van der Waals surface area contributed by atoms with Crippen molar-refractivity contribution in [2.45, 2.75) is 25.2 Å². The van der Waals surface area contributed by atoms with E-state index in [0.717, 1.165) is 21.9 Å². The van der Waals surface area contributed by atoms with Gasteiger partial charge in [-0.25, -0.2) is 8.42 Å². The number of rotatable bonds is 7. The molecule has 1 amide bonds. The van der Waals surface area contributed by atoms with Gasteiger partial charge in [-0.15, -0.1) is 0 Å². The Hall–Kier alpha value is -3.12. The van der Waals surface area contributed by atoms with Crippen LogP contribution in [0.2, 0.25) is 0 Å². The van der Waals surface area contributed by atoms with Gasteiger partial charge in [0.15, 0.2) is 0 Å². The van der Waals surface area contributed by atoms with Gasteiger partial charge in [-0.1, -0.05) is 49.4 Å². The number of amides is 1. The molecule has 0 aliphatic heterocycles. The highest BCUT2D eigenvalue weighted by atomic mass is 32.2. The first-order valence-corrected chi connectivity index (χ1v) is 10.9. The van der Waals surface area contributed by atoms with Crippen LogP contribution in [-0.2, 0) is 21.2 Å². The number of nitrogens with one attached hydrogen (secondary N) is 1. The molecule has 150 valence electrons. The molecule has 3 aromatic carbocycles. The minimum atomic E-state index is -3.90. The maximum Gasteiger partial charge on any atom is 0.264 e. The first-order chi connectivity index (χ1) is 13.9. The number of aryl methyl sites for hydroxylation is 2. The van der Waals surface area contributed by atoms with Crippen LogP contribution >= 0.6 is 0 Å². The van der Waals surface area contributed by atoms with E-state index in [1.54, 1.807) is 36.4 Å². The molecular weight excluding hydrogens is 384 g/mol. The summed E-state index contributed by atoms with van der Waals surface area (Å²) < 4.78 is 27.7. The molecule has 0 atom stereocenters. The molecule has 0 unspecified atom stereocenters. The molecule has 0 aromatic heterocycles. The third-order valence-electron chi connectivity index (χ3n) is 4.55. The van der Waals surface area contributed by atoms with Gasteiger partial charge in [0.25, 0.3) is 10.0 Å². The number of benzene rings is 3. The smallest absolute Gasteiger partial charge is 0.264 e. The molecule has 6 heteroatoms. The third-order valence-corrected chi connectivity index (χ3v) is 6.34. The summed E-state index contributed by atoms with van der Waals surface area (Å²) in [6, 6.07) is 22.8. The molecule has 0 bridgehead atoms. The molecule has 5 nitrogen and oxygen atoms in total. The molecule has 0 aliphatic carbocycles. The lowest BCUT2D eigenvalue weighted by molar-refractivity contribution is -0.114. The van der Waals surface area contributed by atoms with Gasteiger partial charge in [0.2, 0.25) is 5.91 Å². The summed E-state index contributed by atoms with van der Waals surface area (Å²) in [5.41, 5.74) is 3.15. The van der Waals surface area contributed by atoms with E-state index in [4.69, 9.17) is 0 Å². The van der Waals surface area contributed by atoms with Crippen molar-refractivity contribution in [1.29, 1.82) is 0 Å². The van der Waals surface area contributed by atoms with Gasteiger partial charge in [-0.05, 0) is 60.9 Å². The molecule has 3 aromatic rings. The van der Waals surface area contributed by atoms with Crippen molar-refractivity contribution in [2.24, 2.45) is 0 Å². The number of carbonyl (C=O) groups is 1. The number of sulfonamides is 1. The Morgan fingerprint density at radius 2 is 1.62 bits per heavy atom. The van der Waals surface area contributed by atoms with Crippen molar-refractivity contribution in [3.63, 3.8) is 0 Å². The molecule has 0 saturated heterocycles. The van der Waals surface area contributed by atoms with Crippen molar-refractivity contribution in [3.8, 4) is 0 Å². The van der Waals surface area contributed by atoms with Crippen LogP contribution in [0.25, 0.3) is 0 Å². The van der Waals surface area contributed by atoms with Crippen molar-refractivity contribution in [2.75, 3.05) is 16.2 Å². The Morgan fingerprint density at radius 1 is 0.931 bits per heavy atom. The van der Waals surface area contributed by atoms with Gasteiger partial charge in [-0.3, -0.25) is 9.10 Å². The highest BCUT2D eigenvalue weighted by Gasteiger charge is 2.27. The highest BCUT2D eigenvalue weighted by molar-refractivity contribution is 7.92. The fourth-order valence-electron chi connectivity index (χ4n) is 2.97. The minimum Gasteiger partial charge on any atom is -0.325 e. The normalized spacial score (nSPS) is 11.1. The van der Waals surface area contributed by atoms with Crippen molar-refractivity contribution >= 4 is 27.3 Å². The van der Waals surface area contributed by atoms with Crippen molar-refractivity contribution < 1.29 is 13.2 Å². The fourth-order valence-corrected chi connectivity index (χ4v) is 4.41. The van der Waals surface area contributed by atoms with E-state index in [9.17, 15) is 13.2 Å². The monoisotopic (exact) mass is 408 g/mol. The zero-order chi connectivity index (χ0) is 20.9. The summed E-state index contributed by atoms with van der Waals surface area (Å²) in [5, 5.41) is 2.79. The molecule has 0 fully saturated rings. The Kier molecular flexibility index (Phi) is 6.34. The van der Waals surface area contributed by atoms with Crippen LogP contribution in [-0.4, -0.2) is 20.9 Å². The van der Waals surface area contributed by atoms with E-state index >= 15 is 0 Å². The molecule has 0 radical (unpaired) electrons. The van der Waals surface area contributed by atoms with E-state index in [1.165, 1.54) is 12.1 Å². The highest BCUT2D eigenvalue weighted by Crippen LogP contribution is 2.24. The average molecular weight is 409 g/mol. The van der Waals surface area contributed by atoms with Gasteiger partial charge in [-0.2, -0.15) is 0 Å². The number of carbonyl (C=O) groups excluding carboxylic acids is 1. The molecule has 0 aliphatic rings. The maximum absolute atomic E-state index is 13.3. The Labute approximate surface area is 172 Å². The van der Waals surface area contributed by atoms with Crippen LogP contribution in [0.15, 0.2) is 83.8 Å². The Balaban J connectivity index is 1.90. The molecule has 0 spiro atoms. The summed E-state index contributed by atoms with van der Waals surface area (Å²) in [6.07, 6.45) is 0.907. The molecule has 0 saturated carbocycles. The maximum atomic E-state index is 13.3. The second-order valence-corrected chi connectivity index (χ2v) is 8.62. The summed E-state index contributed by atoms with van der Waals surface area (Å²) in [7, 11) is -3.90. The molecule has 3 rings (SSSR count). The lowest BCUT2D eigenvalue weighted by Crippen LogP contribution is -2.38. The summed E-state index contributed by atoms with van der Waals surface area (Å²) in [5.74, 6) is -0.407. The van der Waals surface area contributed by atoms with Crippen molar-refractivity contribution in [1.82, 2.24) is 0 Å². The van der Waals surface area contributed by atoms with Crippen LogP contribution in [0.1, 0.15) is 18.1 Å². The predicted octanol–water partition coefficient (Wildman–Crippen LogP) is 4.39. The predicted molar refractivity (Wildman–Crippen MR) is 117 cm³/mol. The van der Waals surface area contributed by atoms with Gasteiger partial charge in [0.1, 0.15) is 6.54 Å². The Bertz CT molecular complexity index is 1080. The van der Waals surface area contributed by atoms with Crippen LogP contribution in [0.4, 0.5) is 11.4 Å². The van der Waals surface area contributed by atoms with Crippen LogP contribution in [0, 0.1) is 6.92 Å². The zero-order valence-corrected chi connectivity index (χ0v) is 17.3.